The quantitative estimate of drug-likeness (QED) is 0.451. The number of rotatable bonds is 3. The number of hydrogen-bond acceptors (Lipinski definition) is 6. The van der Waals surface area contributed by atoms with E-state index in [2.05, 4.69) is 20.3 Å². The van der Waals surface area contributed by atoms with Crippen LogP contribution < -0.4 is 5.32 Å². The molecule has 2 aromatic rings. The first-order chi connectivity index (χ1) is 7.24. The third kappa shape index (κ3) is 1.37. The highest BCUT2D eigenvalue weighted by atomic mass is 16.6. The molecule has 0 saturated heterocycles. The first-order valence-electron chi connectivity index (χ1n) is 3.84. The summed E-state index contributed by atoms with van der Waals surface area (Å²) < 4.78 is 4.38. The van der Waals surface area contributed by atoms with Gasteiger partial charge in [-0.3, -0.25) is 14.9 Å². The van der Waals surface area contributed by atoms with E-state index in [9.17, 15) is 14.9 Å². The number of anilines is 1. The van der Waals surface area contributed by atoms with E-state index < -0.39 is 4.92 Å². The molecule has 76 valence electrons. The Bertz CT molecular complexity index is 535. The van der Waals surface area contributed by atoms with Crippen LogP contribution in [0.3, 0.4) is 0 Å². The number of nitro groups is 1. The number of non-ortho nitro benzene ring substituents is 1. The van der Waals surface area contributed by atoms with E-state index in [1.807, 2.05) is 0 Å². The summed E-state index contributed by atoms with van der Waals surface area (Å²) in [6, 6.07) is 2.58. The Labute approximate surface area is 82.0 Å². The lowest BCUT2D eigenvalue weighted by molar-refractivity contribution is -0.383. The predicted octanol–water partition coefficient (Wildman–Crippen LogP) is 0.699. The first-order valence-corrected chi connectivity index (χ1v) is 3.84. The van der Waals surface area contributed by atoms with Crippen molar-refractivity contribution in [2.24, 2.45) is 0 Å². The van der Waals surface area contributed by atoms with Gasteiger partial charge in [-0.05, 0) is 16.4 Å². The van der Waals surface area contributed by atoms with Gasteiger partial charge in [-0.1, -0.05) is 0 Å². The Morgan fingerprint density at radius 1 is 1.40 bits per heavy atom. The van der Waals surface area contributed by atoms with Crippen molar-refractivity contribution in [1.82, 2.24) is 10.3 Å². The van der Waals surface area contributed by atoms with Gasteiger partial charge in [0, 0.05) is 6.07 Å². The van der Waals surface area contributed by atoms with Crippen LogP contribution in [-0.2, 0) is 4.79 Å². The van der Waals surface area contributed by atoms with Crippen molar-refractivity contribution in [3.8, 4) is 0 Å². The average molecular weight is 208 g/mol. The largest absolute Gasteiger partial charge is 0.327 e. The van der Waals surface area contributed by atoms with Crippen molar-refractivity contribution in [2.45, 2.75) is 0 Å². The molecule has 8 nitrogen and oxygen atoms in total. The number of carbonyl (C=O) groups is 1. The molecule has 0 saturated carbocycles. The van der Waals surface area contributed by atoms with Crippen LogP contribution in [0.25, 0.3) is 11.0 Å². The van der Waals surface area contributed by atoms with Gasteiger partial charge in [0.15, 0.2) is 5.52 Å². The number of amides is 1. The molecule has 8 heteroatoms. The van der Waals surface area contributed by atoms with Crippen molar-refractivity contribution < 1.29 is 14.3 Å². The Kier molecular flexibility index (Phi) is 2.01. The van der Waals surface area contributed by atoms with E-state index in [-0.39, 0.29) is 16.7 Å². The molecule has 1 heterocycles. The maximum Gasteiger partial charge on any atom is 0.300 e. The predicted molar refractivity (Wildman–Crippen MR) is 48.1 cm³/mol. The number of nitrogens with zero attached hydrogens (tertiary/aromatic N) is 3. The molecule has 2 rings (SSSR count). The highest BCUT2D eigenvalue weighted by Gasteiger charge is 2.18. The molecule has 0 atom stereocenters. The summed E-state index contributed by atoms with van der Waals surface area (Å²) in [6.45, 7) is 0. The fourth-order valence-electron chi connectivity index (χ4n) is 1.18. The summed E-state index contributed by atoms with van der Waals surface area (Å²) in [5.41, 5.74) is 0.248. The number of carbonyl (C=O) groups excluding carboxylic acids is 1. The maximum absolute atomic E-state index is 10.6. The molecule has 1 N–H and O–H groups in total. The summed E-state index contributed by atoms with van der Waals surface area (Å²) in [5.74, 6) is 0. The summed E-state index contributed by atoms with van der Waals surface area (Å²) in [5, 5.41) is 19.8. The monoisotopic (exact) mass is 208 g/mol. The summed E-state index contributed by atoms with van der Waals surface area (Å²) in [6.07, 6.45) is 0.440. The normalized spacial score (nSPS) is 10.1. The zero-order chi connectivity index (χ0) is 10.8. The molecule has 0 radical (unpaired) electrons. The Morgan fingerprint density at radius 3 is 2.80 bits per heavy atom. The smallest absolute Gasteiger partial charge is 0.300 e. The minimum Gasteiger partial charge on any atom is -0.327 e. The lowest BCUT2D eigenvalue weighted by Crippen LogP contribution is -1.96. The van der Waals surface area contributed by atoms with Crippen LogP contribution >= 0.6 is 0 Å². The highest BCUT2D eigenvalue weighted by Crippen LogP contribution is 2.28. The molecule has 1 amide bonds. The van der Waals surface area contributed by atoms with Crippen LogP contribution in [0.4, 0.5) is 11.4 Å². The second kappa shape index (κ2) is 3.33. The molecule has 0 spiro atoms. The van der Waals surface area contributed by atoms with Crippen LogP contribution in [0.2, 0.25) is 0 Å². The minimum atomic E-state index is -0.600. The lowest BCUT2D eigenvalue weighted by atomic mass is 10.2. The molecule has 0 bridgehead atoms. The molecule has 0 unspecified atom stereocenters. The van der Waals surface area contributed by atoms with Gasteiger partial charge in [0.2, 0.25) is 11.9 Å². The number of nitro benzene ring substituents is 1. The van der Waals surface area contributed by atoms with Gasteiger partial charge in [0.25, 0.3) is 0 Å². The molecular weight excluding hydrogens is 204 g/mol. The fraction of sp³-hybridized carbons (Fsp3) is 0. The number of fused-ring (bicyclic) bond motifs is 1. The number of benzene rings is 1. The molecule has 15 heavy (non-hydrogen) atoms. The van der Waals surface area contributed by atoms with Gasteiger partial charge in [-0.15, -0.1) is 0 Å². The van der Waals surface area contributed by atoms with Gasteiger partial charge >= 0.3 is 5.69 Å². The van der Waals surface area contributed by atoms with Gasteiger partial charge in [0.1, 0.15) is 0 Å². The van der Waals surface area contributed by atoms with Crippen molar-refractivity contribution in [3.63, 3.8) is 0 Å². The van der Waals surface area contributed by atoms with E-state index in [4.69, 9.17) is 0 Å². The second-order valence-electron chi connectivity index (χ2n) is 2.61. The van der Waals surface area contributed by atoms with E-state index in [1.54, 1.807) is 0 Å². The summed E-state index contributed by atoms with van der Waals surface area (Å²) in [7, 11) is 0. The average Bonchev–Trinajstić information content (AvgIpc) is 2.66. The third-order valence-corrected chi connectivity index (χ3v) is 1.81. The van der Waals surface area contributed by atoms with Crippen molar-refractivity contribution in [3.05, 3.63) is 22.2 Å². The second-order valence-corrected chi connectivity index (χ2v) is 2.61. The summed E-state index contributed by atoms with van der Waals surface area (Å²) in [4.78, 5) is 20.2. The number of aromatic nitrogens is 2. The van der Waals surface area contributed by atoms with E-state index in [0.29, 0.717) is 12.1 Å². The van der Waals surface area contributed by atoms with Crippen LogP contribution in [-0.4, -0.2) is 21.6 Å². The van der Waals surface area contributed by atoms with E-state index in [0.717, 1.165) is 0 Å². The number of hydrogen-bond donors (Lipinski definition) is 1. The van der Waals surface area contributed by atoms with Crippen LogP contribution in [0.1, 0.15) is 0 Å². The van der Waals surface area contributed by atoms with Crippen LogP contribution in [0.5, 0.6) is 0 Å². The maximum atomic E-state index is 10.6. The molecule has 0 aliphatic heterocycles. The van der Waals surface area contributed by atoms with Gasteiger partial charge in [0.05, 0.1) is 10.6 Å². The Morgan fingerprint density at radius 2 is 2.13 bits per heavy atom. The molecule has 0 aliphatic rings. The lowest BCUT2D eigenvalue weighted by Gasteiger charge is -1.97. The molecule has 1 aromatic heterocycles. The molecule has 0 aliphatic carbocycles. The van der Waals surface area contributed by atoms with E-state index in [1.165, 1.54) is 12.1 Å². The first kappa shape index (κ1) is 9.06. The van der Waals surface area contributed by atoms with E-state index >= 15 is 0 Å². The SMILES string of the molecule is O=CNc1ccc([N+](=O)[O-])c2nonc12. The number of nitrogens with one attached hydrogen (secondary N) is 1. The topological polar surface area (TPSA) is 111 Å². The van der Waals surface area contributed by atoms with Crippen LogP contribution in [0.15, 0.2) is 16.8 Å². The Hall–Kier alpha value is -2.51. The van der Waals surface area contributed by atoms with Gasteiger partial charge < -0.3 is 5.32 Å². The third-order valence-electron chi connectivity index (χ3n) is 1.81. The van der Waals surface area contributed by atoms with Crippen molar-refractivity contribution >= 4 is 28.8 Å². The zero-order valence-electron chi connectivity index (χ0n) is 7.21. The highest BCUT2D eigenvalue weighted by molar-refractivity contribution is 5.96. The fourth-order valence-corrected chi connectivity index (χ4v) is 1.18. The minimum absolute atomic E-state index is 0.00634. The van der Waals surface area contributed by atoms with Crippen molar-refractivity contribution in [2.75, 3.05) is 5.32 Å². The standard InChI is InChI=1S/C7H4N4O4/c12-3-8-4-1-2-5(11(13)14)7-6(4)9-15-10-7/h1-3H,(H,8,12). The molecule has 1 aromatic carbocycles. The van der Waals surface area contributed by atoms with Gasteiger partial charge in [-0.25, -0.2) is 4.63 Å². The van der Waals surface area contributed by atoms with Gasteiger partial charge in [-0.2, -0.15) is 0 Å². The molecular formula is C7H4N4O4. The van der Waals surface area contributed by atoms with Crippen LogP contribution in [0, 0.1) is 10.1 Å². The molecule has 0 fully saturated rings. The summed E-state index contributed by atoms with van der Waals surface area (Å²) >= 11 is 0. The van der Waals surface area contributed by atoms with Crippen molar-refractivity contribution in [1.29, 1.82) is 0 Å². The Balaban J connectivity index is 2.70. The zero-order valence-corrected chi connectivity index (χ0v) is 7.21.